The van der Waals surface area contributed by atoms with Gasteiger partial charge in [-0.2, -0.15) is 0 Å². The van der Waals surface area contributed by atoms with Crippen LogP contribution >= 0.6 is 0 Å². The summed E-state index contributed by atoms with van der Waals surface area (Å²) in [4.78, 5) is 24.8. The fraction of sp³-hybridized carbons (Fsp3) is 0.818. The fourth-order valence-electron chi connectivity index (χ4n) is 1.97. The van der Waals surface area contributed by atoms with Gasteiger partial charge in [0.05, 0.1) is 19.8 Å². The quantitative estimate of drug-likeness (QED) is 0.528. The molecular weight excluding hydrogens is 238 g/mol. The van der Waals surface area contributed by atoms with Gasteiger partial charge in [-0.1, -0.05) is 0 Å². The third kappa shape index (κ3) is 4.99. The van der Waals surface area contributed by atoms with Crippen molar-refractivity contribution in [3.63, 3.8) is 0 Å². The highest BCUT2D eigenvalue weighted by Gasteiger charge is 2.25. The smallest absolute Gasteiger partial charge is 0.321 e. The highest BCUT2D eigenvalue weighted by Crippen LogP contribution is 2.15. The maximum absolute atomic E-state index is 11.6. The van der Waals surface area contributed by atoms with Crippen molar-refractivity contribution in [1.82, 2.24) is 15.5 Å². The summed E-state index contributed by atoms with van der Waals surface area (Å²) in [5, 5.41) is 13.9. The Morgan fingerprint density at radius 2 is 2.28 bits per heavy atom. The van der Waals surface area contributed by atoms with Crippen LogP contribution in [0.1, 0.15) is 12.8 Å². The first-order valence-corrected chi connectivity index (χ1v) is 6.09. The molecule has 0 radical (unpaired) electrons. The molecule has 3 N–H and O–H groups in total. The second-order valence-corrected chi connectivity index (χ2v) is 4.25. The van der Waals surface area contributed by atoms with Crippen LogP contribution < -0.4 is 10.6 Å². The van der Waals surface area contributed by atoms with E-state index in [0.717, 1.165) is 19.4 Å². The van der Waals surface area contributed by atoms with Gasteiger partial charge >= 0.3 is 6.03 Å². The van der Waals surface area contributed by atoms with Crippen molar-refractivity contribution < 1.29 is 19.4 Å². The molecule has 0 aromatic carbocycles. The van der Waals surface area contributed by atoms with Crippen LogP contribution in [0.2, 0.25) is 0 Å². The normalized spacial score (nSPS) is 19.8. The number of methoxy groups -OCH3 is 1. The molecule has 3 amide bonds. The van der Waals surface area contributed by atoms with Crippen LogP contribution in [0.3, 0.4) is 0 Å². The minimum atomic E-state index is -0.517. The minimum absolute atomic E-state index is 0.0345. The number of hydrogen-bond acceptors (Lipinski definition) is 5. The average Bonchev–Trinajstić information content (AvgIpc) is 2.76. The molecule has 18 heavy (non-hydrogen) atoms. The molecular formula is C11H21N3O4. The lowest BCUT2D eigenvalue weighted by atomic mass is 10.2. The summed E-state index contributed by atoms with van der Waals surface area (Å²) in [5.74, 6) is -0.356. The number of rotatable bonds is 6. The Bertz CT molecular complexity index is 285. The second-order valence-electron chi connectivity index (χ2n) is 4.25. The first-order chi connectivity index (χ1) is 8.67. The molecule has 0 saturated carbocycles. The zero-order chi connectivity index (χ0) is 13.4. The number of carbonyl (C=O) groups excluding carboxylic acids is 2. The van der Waals surface area contributed by atoms with Gasteiger partial charge in [0.1, 0.15) is 0 Å². The van der Waals surface area contributed by atoms with Crippen molar-refractivity contribution in [3.05, 3.63) is 0 Å². The molecule has 104 valence electrons. The van der Waals surface area contributed by atoms with Gasteiger partial charge in [0.2, 0.25) is 5.91 Å². The molecule has 0 spiro atoms. The summed E-state index contributed by atoms with van der Waals surface area (Å²) < 4.78 is 4.77. The largest absolute Gasteiger partial charge is 0.395 e. The number of likely N-dealkylation sites (tertiary alicyclic amines) is 1. The molecule has 7 nitrogen and oxygen atoms in total. The van der Waals surface area contributed by atoms with Crippen LogP contribution in [0.25, 0.3) is 0 Å². The fourth-order valence-corrected chi connectivity index (χ4v) is 1.97. The van der Waals surface area contributed by atoms with Gasteiger partial charge in [-0.3, -0.25) is 15.0 Å². The second kappa shape index (κ2) is 8.02. The number of nitrogens with zero attached hydrogens (tertiary/aromatic N) is 1. The lowest BCUT2D eigenvalue weighted by Crippen LogP contribution is -2.46. The lowest BCUT2D eigenvalue weighted by Gasteiger charge is -2.21. The molecule has 1 unspecified atom stereocenters. The summed E-state index contributed by atoms with van der Waals surface area (Å²) in [6.45, 7) is 1.74. The number of nitrogens with one attached hydrogen (secondary N) is 2. The van der Waals surface area contributed by atoms with Gasteiger partial charge in [-0.05, 0) is 19.4 Å². The highest BCUT2D eigenvalue weighted by molar-refractivity contribution is 5.95. The molecule has 1 atom stereocenters. The zero-order valence-corrected chi connectivity index (χ0v) is 10.6. The monoisotopic (exact) mass is 259 g/mol. The van der Waals surface area contributed by atoms with Crippen molar-refractivity contribution >= 4 is 11.9 Å². The first kappa shape index (κ1) is 14.9. The molecule has 0 aromatic rings. The number of imide groups is 1. The first-order valence-electron chi connectivity index (χ1n) is 6.09. The molecule has 1 heterocycles. The van der Waals surface area contributed by atoms with Gasteiger partial charge in [0.25, 0.3) is 0 Å². The van der Waals surface area contributed by atoms with E-state index in [1.807, 2.05) is 4.90 Å². The minimum Gasteiger partial charge on any atom is -0.395 e. The molecule has 0 aromatic heterocycles. The summed E-state index contributed by atoms with van der Waals surface area (Å²) in [5.41, 5.74) is 0. The number of hydrogen-bond donors (Lipinski definition) is 3. The number of amides is 3. The topological polar surface area (TPSA) is 90.9 Å². The Morgan fingerprint density at radius 1 is 1.50 bits per heavy atom. The van der Waals surface area contributed by atoms with E-state index in [2.05, 4.69) is 10.6 Å². The number of carbonyl (C=O) groups is 2. The Kier molecular flexibility index (Phi) is 6.63. The van der Waals surface area contributed by atoms with Gasteiger partial charge in [0.15, 0.2) is 0 Å². The number of urea groups is 1. The summed E-state index contributed by atoms with van der Waals surface area (Å²) in [6.07, 6.45) is 1.86. The highest BCUT2D eigenvalue weighted by atomic mass is 16.5. The van der Waals surface area contributed by atoms with Crippen molar-refractivity contribution in [3.8, 4) is 0 Å². The standard InChI is InChI=1S/C11H21N3O4/c1-18-6-4-12-11(17)13-10(16)7-14-5-2-3-9(14)8-15/h9,15H,2-8H2,1H3,(H2,12,13,16,17). The summed E-state index contributed by atoms with van der Waals surface area (Å²) in [7, 11) is 1.53. The van der Waals surface area contributed by atoms with Crippen LogP contribution in [0, 0.1) is 0 Å². The molecule has 1 aliphatic heterocycles. The van der Waals surface area contributed by atoms with Crippen molar-refractivity contribution in [1.29, 1.82) is 0 Å². The van der Waals surface area contributed by atoms with Crippen LogP contribution in [0.4, 0.5) is 4.79 Å². The van der Waals surface area contributed by atoms with Crippen molar-refractivity contribution in [2.24, 2.45) is 0 Å². The third-order valence-electron chi connectivity index (χ3n) is 2.90. The van der Waals surface area contributed by atoms with Crippen molar-refractivity contribution in [2.75, 3.05) is 40.0 Å². The van der Waals surface area contributed by atoms with Gasteiger partial charge in [0, 0.05) is 19.7 Å². The summed E-state index contributed by atoms with van der Waals surface area (Å²) in [6, 6.07) is -0.482. The van der Waals surface area contributed by atoms with E-state index in [4.69, 9.17) is 9.84 Å². The SMILES string of the molecule is COCCNC(=O)NC(=O)CN1CCCC1CO. The lowest BCUT2D eigenvalue weighted by molar-refractivity contribution is -0.121. The molecule has 1 fully saturated rings. The van der Waals surface area contributed by atoms with E-state index in [9.17, 15) is 9.59 Å². The van der Waals surface area contributed by atoms with Gasteiger partial charge < -0.3 is 15.2 Å². The molecule has 0 aliphatic carbocycles. The summed E-state index contributed by atoms with van der Waals surface area (Å²) >= 11 is 0. The number of aliphatic hydroxyl groups is 1. The van der Waals surface area contributed by atoms with Gasteiger partial charge in [-0.15, -0.1) is 0 Å². The van der Waals surface area contributed by atoms with E-state index >= 15 is 0 Å². The molecule has 1 saturated heterocycles. The number of ether oxygens (including phenoxy) is 1. The van der Waals surface area contributed by atoms with E-state index in [0.29, 0.717) is 13.2 Å². The molecule has 1 aliphatic rings. The van der Waals surface area contributed by atoms with Crippen LogP contribution in [0.15, 0.2) is 0 Å². The number of aliphatic hydroxyl groups excluding tert-OH is 1. The van der Waals surface area contributed by atoms with E-state index in [1.54, 1.807) is 0 Å². The van der Waals surface area contributed by atoms with E-state index in [-0.39, 0.29) is 25.1 Å². The Labute approximate surface area is 106 Å². The van der Waals surface area contributed by atoms with Crippen LogP contribution in [-0.4, -0.2) is 67.9 Å². The zero-order valence-electron chi connectivity index (χ0n) is 10.6. The van der Waals surface area contributed by atoms with Gasteiger partial charge in [-0.25, -0.2) is 4.79 Å². The Morgan fingerprint density at radius 3 is 2.94 bits per heavy atom. The van der Waals surface area contributed by atoms with Crippen LogP contribution in [-0.2, 0) is 9.53 Å². The molecule has 1 rings (SSSR count). The van der Waals surface area contributed by atoms with E-state index < -0.39 is 6.03 Å². The third-order valence-corrected chi connectivity index (χ3v) is 2.90. The molecule has 0 bridgehead atoms. The predicted molar refractivity (Wildman–Crippen MR) is 65.1 cm³/mol. The average molecular weight is 259 g/mol. The van der Waals surface area contributed by atoms with Crippen molar-refractivity contribution in [2.45, 2.75) is 18.9 Å². The predicted octanol–water partition coefficient (Wildman–Crippen LogP) is -1.08. The maximum Gasteiger partial charge on any atom is 0.321 e. The molecule has 7 heteroatoms. The van der Waals surface area contributed by atoms with Crippen LogP contribution in [0.5, 0.6) is 0 Å². The Hall–Kier alpha value is -1.18. The van der Waals surface area contributed by atoms with E-state index in [1.165, 1.54) is 7.11 Å². The maximum atomic E-state index is 11.6. The Balaban J connectivity index is 2.22.